The molecule has 1 aromatic carbocycles. The van der Waals surface area contributed by atoms with E-state index in [0.29, 0.717) is 18.8 Å². The van der Waals surface area contributed by atoms with E-state index >= 15 is 0 Å². The van der Waals surface area contributed by atoms with Crippen LogP contribution in [0.4, 0.5) is 8.78 Å². The van der Waals surface area contributed by atoms with E-state index in [9.17, 15) is 18.8 Å². The summed E-state index contributed by atoms with van der Waals surface area (Å²) in [5, 5.41) is 11.5. The molecule has 0 bridgehead atoms. The summed E-state index contributed by atoms with van der Waals surface area (Å²) in [6.07, 6.45) is 2.64. The fourth-order valence-corrected chi connectivity index (χ4v) is 2.65. The molecule has 1 amide bonds. The van der Waals surface area contributed by atoms with Crippen molar-refractivity contribution in [2.75, 3.05) is 0 Å². The fraction of sp³-hybridized carbons (Fsp3) is 0.467. The van der Waals surface area contributed by atoms with Gasteiger partial charge in [-0.2, -0.15) is 5.26 Å². The van der Waals surface area contributed by atoms with Gasteiger partial charge in [-0.1, -0.05) is 18.5 Å². The molecule has 1 fully saturated rings. The van der Waals surface area contributed by atoms with Gasteiger partial charge < -0.3 is 5.32 Å². The predicted molar refractivity (Wildman–Crippen MR) is 74.8 cm³/mol. The van der Waals surface area contributed by atoms with Gasteiger partial charge in [0.25, 0.3) is 5.91 Å². The van der Waals surface area contributed by atoms with E-state index in [-0.39, 0.29) is 5.02 Å². The van der Waals surface area contributed by atoms with Crippen molar-refractivity contribution < 1.29 is 13.6 Å². The number of carbonyl (C=O) groups is 1. The second-order valence-electron chi connectivity index (χ2n) is 5.58. The highest BCUT2D eigenvalue weighted by molar-refractivity contribution is 6.30. The van der Waals surface area contributed by atoms with Crippen LogP contribution in [0.1, 0.15) is 43.0 Å². The van der Waals surface area contributed by atoms with Gasteiger partial charge in [0, 0.05) is 0 Å². The maximum absolute atomic E-state index is 13.7. The van der Waals surface area contributed by atoms with E-state index in [1.54, 1.807) is 0 Å². The van der Waals surface area contributed by atoms with Crippen LogP contribution in [0.2, 0.25) is 5.02 Å². The molecule has 1 saturated carbocycles. The Morgan fingerprint density at radius 1 is 1.38 bits per heavy atom. The Bertz CT molecular complexity index is 604. The molecule has 0 spiro atoms. The van der Waals surface area contributed by atoms with Crippen LogP contribution >= 0.6 is 11.6 Å². The molecule has 0 aromatic heterocycles. The Morgan fingerprint density at radius 2 is 2.00 bits per heavy atom. The van der Waals surface area contributed by atoms with Crippen molar-refractivity contribution in [3.63, 3.8) is 0 Å². The first-order valence-corrected chi connectivity index (χ1v) is 7.13. The van der Waals surface area contributed by atoms with Gasteiger partial charge in [0.1, 0.15) is 17.2 Å². The Labute approximate surface area is 126 Å². The van der Waals surface area contributed by atoms with Gasteiger partial charge in [0.2, 0.25) is 0 Å². The van der Waals surface area contributed by atoms with Crippen LogP contribution in [0.25, 0.3) is 0 Å². The molecule has 21 heavy (non-hydrogen) atoms. The van der Waals surface area contributed by atoms with Crippen molar-refractivity contribution in [3.05, 3.63) is 34.4 Å². The molecule has 0 saturated heterocycles. The molecular formula is C15H15ClF2N2O. The van der Waals surface area contributed by atoms with Crippen LogP contribution < -0.4 is 5.32 Å². The van der Waals surface area contributed by atoms with Crippen molar-refractivity contribution >= 4 is 17.5 Å². The first kappa shape index (κ1) is 15.7. The van der Waals surface area contributed by atoms with E-state index in [1.807, 2.05) is 0 Å². The summed E-state index contributed by atoms with van der Waals surface area (Å²) in [7, 11) is 0. The van der Waals surface area contributed by atoms with Gasteiger partial charge >= 0.3 is 0 Å². The van der Waals surface area contributed by atoms with Gasteiger partial charge in [-0.3, -0.25) is 4.79 Å². The predicted octanol–water partition coefficient (Wildman–Crippen LogP) is 3.82. The first-order valence-electron chi connectivity index (χ1n) is 6.75. The number of nitrogens with one attached hydrogen (secondary N) is 1. The normalized spacial score (nSPS) is 25.2. The zero-order valence-electron chi connectivity index (χ0n) is 11.5. The van der Waals surface area contributed by atoms with Crippen LogP contribution in [-0.4, -0.2) is 11.4 Å². The summed E-state index contributed by atoms with van der Waals surface area (Å²) in [5.74, 6) is -2.07. The summed E-state index contributed by atoms with van der Waals surface area (Å²) in [4.78, 5) is 12.1. The van der Waals surface area contributed by atoms with Crippen LogP contribution in [0.15, 0.2) is 12.1 Å². The summed E-state index contributed by atoms with van der Waals surface area (Å²) >= 11 is 5.45. The first-order chi connectivity index (χ1) is 9.87. The number of hydrogen-bond donors (Lipinski definition) is 1. The molecule has 3 nitrogen and oxygen atoms in total. The molecule has 0 aliphatic heterocycles. The van der Waals surface area contributed by atoms with E-state index in [0.717, 1.165) is 25.0 Å². The summed E-state index contributed by atoms with van der Waals surface area (Å²) in [6.45, 7) is 2.08. The lowest BCUT2D eigenvalue weighted by atomic mass is 9.78. The average molecular weight is 313 g/mol. The third-order valence-corrected chi connectivity index (χ3v) is 4.24. The van der Waals surface area contributed by atoms with Crippen LogP contribution in [0, 0.1) is 28.9 Å². The molecule has 1 aliphatic carbocycles. The maximum atomic E-state index is 13.7. The van der Waals surface area contributed by atoms with Crippen molar-refractivity contribution in [2.24, 2.45) is 5.92 Å². The molecule has 0 radical (unpaired) electrons. The quantitative estimate of drug-likeness (QED) is 0.844. The second kappa shape index (κ2) is 5.98. The number of benzene rings is 1. The third kappa shape index (κ3) is 3.33. The van der Waals surface area contributed by atoms with Crippen molar-refractivity contribution in [3.8, 4) is 6.07 Å². The Kier molecular flexibility index (Phi) is 4.48. The number of rotatable bonds is 2. The highest BCUT2D eigenvalue weighted by Gasteiger charge is 2.36. The monoisotopic (exact) mass is 312 g/mol. The number of amides is 1. The molecule has 1 aliphatic rings. The van der Waals surface area contributed by atoms with Gasteiger partial charge in [-0.15, -0.1) is 0 Å². The molecule has 0 unspecified atom stereocenters. The SMILES string of the molecule is CC1CCC(C#N)(NC(=O)c2cc(F)c(Cl)cc2F)CC1. The third-order valence-electron chi connectivity index (χ3n) is 3.95. The molecule has 1 N–H and O–H groups in total. The van der Waals surface area contributed by atoms with Crippen LogP contribution in [0.5, 0.6) is 0 Å². The standard InChI is InChI=1S/C15H15ClF2N2O/c1-9-2-4-15(8-19,5-3-9)20-14(21)10-6-13(18)11(16)7-12(10)17/h6-7,9H,2-5H2,1H3,(H,20,21). The van der Waals surface area contributed by atoms with E-state index in [2.05, 4.69) is 18.3 Å². The zero-order valence-corrected chi connectivity index (χ0v) is 12.3. The number of hydrogen-bond acceptors (Lipinski definition) is 2. The Hall–Kier alpha value is -1.67. The van der Waals surface area contributed by atoms with Gasteiger partial charge in [0.05, 0.1) is 16.7 Å². The minimum absolute atomic E-state index is 0.384. The highest BCUT2D eigenvalue weighted by atomic mass is 35.5. The summed E-state index contributed by atoms with van der Waals surface area (Å²) in [6, 6.07) is 3.62. The maximum Gasteiger partial charge on any atom is 0.255 e. The number of carbonyl (C=O) groups excluding carboxylic acids is 1. The molecule has 1 aromatic rings. The molecule has 2 rings (SSSR count). The van der Waals surface area contributed by atoms with E-state index < -0.39 is 28.6 Å². The van der Waals surface area contributed by atoms with E-state index in [4.69, 9.17) is 11.6 Å². The minimum atomic E-state index is -1.01. The average Bonchev–Trinajstić information content (AvgIpc) is 2.45. The number of nitriles is 1. The molecule has 0 heterocycles. The zero-order chi connectivity index (χ0) is 15.6. The summed E-state index contributed by atoms with van der Waals surface area (Å²) in [5.41, 5.74) is -1.45. The molecule has 0 atom stereocenters. The van der Waals surface area contributed by atoms with E-state index in [1.165, 1.54) is 0 Å². The lowest BCUT2D eigenvalue weighted by Crippen LogP contribution is -2.49. The number of halogens is 3. The number of nitrogens with zero attached hydrogens (tertiary/aromatic N) is 1. The fourth-order valence-electron chi connectivity index (χ4n) is 2.50. The largest absolute Gasteiger partial charge is 0.334 e. The molecule has 112 valence electrons. The Balaban J connectivity index is 2.21. The Morgan fingerprint density at radius 3 is 2.57 bits per heavy atom. The topological polar surface area (TPSA) is 52.9 Å². The van der Waals surface area contributed by atoms with Gasteiger partial charge in [-0.05, 0) is 43.7 Å². The smallest absolute Gasteiger partial charge is 0.255 e. The lowest BCUT2D eigenvalue weighted by Gasteiger charge is -2.34. The van der Waals surface area contributed by atoms with Crippen LogP contribution in [0.3, 0.4) is 0 Å². The van der Waals surface area contributed by atoms with Gasteiger partial charge in [0.15, 0.2) is 0 Å². The summed E-state index contributed by atoms with van der Waals surface area (Å²) < 4.78 is 27.1. The van der Waals surface area contributed by atoms with Crippen LogP contribution in [-0.2, 0) is 0 Å². The minimum Gasteiger partial charge on any atom is -0.334 e. The highest BCUT2D eigenvalue weighted by Crippen LogP contribution is 2.32. The second-order valence-corrected chi connectivity index (χ2v) is 5.98. The van der Waals surface area contributed by atoms with Crippen molar-refractivity contribution in [2.45, 2.75) is 38.1 Å². The van der Waals surface area contributed by atoms with Crippen molar-refractivity contribution in [1.29, 1.82) is 5.26 Å². The lowest BCUT2D eigenvalue weighted by molar-refractivity contribution is 0.0889. The molecule has 6 heteroatoms. The van der Waals surface area contributed by atoms with Gasteiger partial charge in [-0.25, -0.2) is 8.78 Å². The molecular weight excluding hydrogens is 298 g/mol. The van der Waals surface area contributed by atoms with Crippen molar-refractivity contribution in [1.82, 2.24) is 5.32 Å².